The molecule has 1 amide bonds. The monoisotopic (exact) mass is 206 g/mol. The normalized spacial score (nSPS) is 13.5. The van der Waals surface area contributed by atoms with E-state index < -0.39 is 0 Å². The van der Waals surface area contributed by atoms with E-state index in [0.29, 0.717) is 0 Å². The number of carbonyl (C=O) groups is 1. The Bertz CT molecular complexity index is 539. The highest BCUT2D eigenvalue weighted by atomic mass is 16.2. The minimum atomic E-state index is 0.0433. The fraction of sp³-hybridized carbons (Fsp3) is 0. The third-order valence-corrected chi connectivity index (χ3v) is 2.71. The first kappa shape index (κ1) is 9.22. The van der Waals surface area contributed by atoms with Crippen molar-refractivity contribution in [3.63, 3.8) is 0 Å². The Hall–Kier alpha value is -2.03. The Balaban J connectivity index is 2.02. The second kappa shape index (κ2) is 3.52. The van der Waals surface area contributed by atoms with Gasteiger partial charge in [0.25, 0.3) is 7.41 Å². The number of fused-ring (bicyclic) bond motifs is 1. The summed E-state index contributed by atoms with van der Waals surface area (Å²) in [5, 5.41) is 0. The molecule has 75 valence electrons. The lowest BCUT2D eigenvalue weighted by Crippen LogP contribution is -2.29. The molecule has 0 saturated heterocycles. The molecule has 1 aliphatic heterocycles. The van der Waals surface area contributed by atoms with Crippen molar-refractivity contribution in [2.24, 2.45) is 0 Å². The molecule has 2 aromatic carbocycles. The summed E-state index contributed by atoms with van der Waals surface area (Å²) in [7, 11) is 1.88. The topological polar surface area (TPSA) is 20.3 Å². The Morgan fingerprint density at radius 1 is 0.875 bits per heavy atom. The predicted molar refractivity (Wildman–Crippen MR) is 65.1 cm³/mol. The lowest BCUT2D eigenvalue weighted by atomic mass is 9.83. The molecule has 0 saturated carbocycles. The summed E-state index contributed by atoms with van der Waals surface area (Å²) in [4.78, 5) is 13.8. The van der Waals surface area contributed by atoms with Gasteiger partial charge in [-0.05, 0) is 23.7 Å². The van der Waals surface area contributed by atoms with Crippen LogP contribution in [-0.2, 0) is 0 Å². The largest absolute Gasteiger partial charge is 0.353 e. The van der Waals surface area contributed by atoms with E-state index in [1.807, 2.05) is 62.0 Å². The van der Waals surface area contributed by atoms with Crippen LogP contribution in [0.15, 0.2) is 54.6 Å². The van der Waals surface area contributed by atoms with Crippen molar-refractivity contribution in [1.82, 2.24) is 0 Å². The number of nitrogens with zero attached hydrogens (tertiary/aromatic N) is 1. The summed E-state index contributed by atoms with van der Waals surface area (Å²) in [6, 6.07) is 17.3. The number of rotatable bonds is 1. The molecule has 0 aliphatic carbocycles. The molecule has 2 nitrogen and oxygen atoms in total. The Morgan fingerprint density at radius 3 is 2.31 bits per heavy atom. The van der Waals surface area contributed by atoms with Crippen molar-refractivity contribution in [3.05, 3.63) is 60.2 Å². The zero-order valence-electron chi connectivity index (χ0n) is 8.63. The maximum Gasteiger partial charge on any atom is 0.295 e. The molecule has 2 aromatic rings. The quantitative estimate of drug-likeness (QED) is 0.648. The fourth-order valence-electron chi connectivity index (χ4n) is 1.91. The van der Waals surface area contributed by atoms with Gasteiger partial charge in [-0.15, -0.1) is 0 Å². The molecule has 0 aromatic heterocycles. The van der Waals surface area contributed by atoms with Gasteiger partial charge in [0.2, 0.25) is 5.91 Å². The number of benzene rings is 2. The zero-order valence-corrected chi connectivity index (χ0v) is 8.63. The fourth-order valence-corrected chi connectivity index (χ4v) is 1.91. The standard InChI is InChI=1S/C13H9BNO/c16-13-11-8-4-5-9-12(11)14-15(13)10-6-2-1-3-7-10/h1-9H. The van der Waals surface area contributed by atoms with E-state index >= 15 is 0 Å². The van der Waals surface area contributed by atoms with E-state index in [0.717, 1.165) is 16.7 Å². The molecule has 0 unspecified atom stereocenters. The molecule has 0 bridgehead atoms. The van der Waals surface area contributed by atoms with Crippen molar-refractivity contribution in [2.75, 3.05) is 4.81 Å². The molecule has 0 fully saturated rings. The van der Waals surface area contributed by atoms with Crippen LogP contribution in [0.2, 0.25) is 0 Å². The number of anilines is 1. The van der Waals surface area contributed by atoms with Crippen LogP contribution in [0.4, 0.5) is 5.69 Å². The third kappa shape index (κ3) is 1.33. The third-order valence-electron chi connectivity index (χ3n) is 2.71. The maximum atomic E-state index is 12.1. The molecule has 0 spiro atoms. The minimum Gasteiger partial charge on any atom is -0.353 e. The number of amides is 1. The number of hydrogen-bond donors (Lipinski definition) is 0. The zero-order chi connectivity index (χ0) is 11.0. The van der Waals surface area contributed by atoms with Crippen LogP contribution in [0, 0.1) is 0 Å². The van der Waals surface area contributed by atoms with Gasteiger partial charge in [-0.3, -0.25) is 4.79 Å². The number of carbonyl (C=O) groups excluding carboxylic acids is 1. The van der Waals surface area contributed by atoms with Crippen molar-refractivity contribution >= 4 is 24.5 Å². The molecule has 0 N–H and O–H groups in total. The summed E-state index contributed by atoms with van der Waals surface area (Å²) in [6.45, 7) is 0. The molecule has 0 atom stereocenters. The summed E-state index contributed by atoms with van der Waals surface area (Å²) >= 11 is 0. The molecule has 1 heterocycles. The summed E-state index contributed by atoms with van der Waals surface area (Å²) < 4.78 is 0. The molecule has 1 aliphatic rings. The average Bonchev–Trinajstić information content (AvgIpc) is 2.69. The maximum absolute atomic E-state index is 12.1. The van der Waals surface area contributed by atoms with Crippen molar-refractivity contribution < 1.29 is 4.79 Å². The van der Waals surface area contributed by atoms with E-state index in [1.54, 1.807) is 4.81 Å². The molecule has 16 heavy (non-hydrogen) atoms. The second-order valence-electron chi connectivity index (χ2n) is 3.73. The van der Waals surface area contributed by atoms with Gasteiger partial charge < -0.3 is 4.81 Å². The molecular weight excluding hydrogens is 197 g/mol. The van der Waals surface area contributed by atoms with Crippen LogP contribution in [0.5, 0.6) is 0 Å². The van der Waals surface area contributed by atoms with Gasteiger partial charge >= 0.3 is 0 Å². The minimum absolute atomic E-state index is 0.0433. The Labute approximate surface area is 94.8 Å². The molecule has 3 rings (SSSR count). The van der Waals surface area contributed by atoms with Gasteiger partial charge in [-0.2, -0.15) is 0 Å². The smallest absolute Gasteiger partial charge is 0.295 e. The van der Waals surface area contributed by atoms with Crippen molar-refractivity contribution in [1.29, 1.82) is 0 Å². The van der Waals surface area contributed by atoms with E-state index in [-0.39, 0.29) is 5.91 Å². The summed E-state index contributed by atoms with van der Waals surface area (Å²) in [6.07, 6.45) is 0. The van der Waals surface area contributed by atoms with Gasteiger partial charge in [-0.25, -0.2) is 0 Å². The highest BCUT2D eigenvalue weighted by molar-refractivity contribution is 6.69. The van der Waals surface area contributed by atoms with Gasteiger partial charge in [0.05, 0.1) is 0 Å². The average molecular weight is 206 g/mol. The highest BCUT2D eigenvalue weighted by Gasteiger charge is 2.28. The Morgan fingerprint density at radius 2 is 1.56 bits per heavy atom. The first-order valence-electron chi connectivity index (χ1n) is 5.19. The van der Waals surface area contributed by atoms with E-state index in [1.165, 1.54) is 0 Å². The summed E-state index contributed by atoms with van der Waals surface area (Å²) in [5.74, 6) is 0.0433. The first-order valence-corrected chi connectivity index (χ1v) is 5.19. The predicted octanol–water partition coefficient (Wildman–Crippen LogP) is 1.59. The van der Waals surface area contributed by atoms with Crippen LogP contribution in [0.1, 0.15) is 10.4 Å². The molecular formula is C13H9BNO. The molecule has 1 radical (unpaired) electrons. The highest BCUT2D eigenvalue weighted by Crippen LogP contribution is 2.18. The van der Waals surface area contributed by atoms with Crippen molar-refractivity contribution in [2.45, 2.75) is 0 Å². The van der Waals surface area contributed by atoms with Crippen LogP contribution in [0.3, 0.4) is 0 Å². The van der Waals surface area contributed by atoms with Gasteiger partial charge in [-0.1, -0.05) is 36.4 Å². The van der Waals surface area contributed by atoms with Crippen LogP contribution < -0.4 is 10.3 Å². The van der Waals surface area contributed by atoms with Gasteiger partial charge in [0.15, 0.2) is 0 Å². The van der Waals surface area contributed by atoms with Crippen LogP contribution in [-0.4, -0.2) is 13.3 Å². The van der Waals surface area contributed by atoms with Gasteiger partial charge in [0.1, 0.15) is 0 Å². The SMILES string of the molecule is O=C1c2ccccc2[B]N1c1ccccc1. The molecule has 3 heteroatoms. The number of para-hydroxylation sites is 1. The van der Waals surface area contributed by atoms with Crippen LogP contribution in [0.25, 0.3) is 0 Å². The van der Waals surface area contributed by atoms with Gasteiger partial charge in [0, 0.05) is 11.3 Å². The van der Waals surface area contributed by atoms with E-state index in [4.69, 9.17) is 0 Å². The first-order chi connectivity index (χ1) is 7.86. The van der Waals surface area contributed by atoms with Crippen molar-refractivity contribution in [3.8, 4) is 0 Å². The second-order valence-corrected chi connectivity index (χ2v) is 3.73. The summed E-state index contributed by atoms with van der Waals surface area (Å²) in [5.41, 5.74) is 2.66. The Kier molecular flexibility index (Phi) is 2.03. The lowest BCUT2D eigenvalue weighted by Gasteiger charge is -2.15. The lowest BCUT2D eigenvalue weighted by molar-refractivity contribution is 0.101. The van der Waals surface area contributed by atoms with E-state index in [2.05, 4.69) is 0 Å². The number of hydrogen-bond acceptors (Lipinski definition) is 1. The van der Waals surface area contributed by atoms with E-state index in [9.17, 15) is 4.79 Å². The van der Waals surface area contributed by atoms with Crippen LogP contribution >= 0.6 is 0 Å².